The number of nitrogens with one attached hydrogen (secondary N) is 1. The summed E-state index contributed by atoms with van der Waals surface area (Å²) in [4.78, 5) is 31.4. The fraction of sp³-hybridized carbons (Fsp3) is 0.400. The van der Waals surface area contributed by atoms with E-state index in [0.29, 0.717) is 39.0 Å². The van der Waals surface area contributed by atoms with E-state index in [-0.39, 0.29) is 11.8 Å². The van der Waals surface area contributed by atoms with Crippen molar-refractivity contribution >= 4 is 11.8 Å². The number of carbonyl (C=O) groups is 2. The van der Waals surface area contributed by atoms with Crippen LogP contribution in [0.3, 0.4) is 0 Å². The number of hydrogen-bond acceptors (Lipinski definition) is 2. The molecule has 0 spiro atoms. The zero-order chi connectivity index (χ0) is 17.6. The lowest BCUT2D eigenvalue weighted by Gasteiger charge is -2.35. The maximum absolute atomic E-state index is 12.4. The molecule has 0 saturated carbocycles. The molecule has 1 N–H and O–H groups in total. The minimum absolute atomic E-state index is 0.131. The molecule has 1 aliphatic heterocycles. The summed E-state index contributed by atoms with van der Waals surface area (Å²) in [6.45, 7) is 4.59. The molecule has 0 radical (unpaired) electrons. The van der Waals surface area contributed by atoms with Gasteiger partial charge in [0.2, 0.25) is 11.8 Å². The number of aryl methyl sites for hydroxylation is 2. The summed E-state index contributed by atoms with van der Waals surface area (Å²) in [7, 11) is 0. The number of amides is 2. The highest BCUT2D eigenvalue weighted by Gasteiger charge is 2.24. The second-order valence-corrected chi connectivity index (χ2v) is 6.58. The van der Waals surface area contributed by atoms with Gasteiger partial charge < -0.3 is 14.8 Å². The van der Waals surface area contributed by atoms with Gasteiger partial charge in [0.15, 0.2) is 0 Å². The Morgan fingerprint density at radius 3 is 2.32 bits per heavy atom. The first-order valence-electron chi connectivity index (χ1n) is 8.85. The Morgan fingerprint density at radius 1 is 1.00 bits per heavy atom. The lowest BCUT2D eigenvalue weighted by molar-refractivity contribution is -0.139. The van der Waals surface area contributed by atoms with Gasteiger partial charge in [0.1, 0.15) is 0 Å². The van der Waals surface area contributed by atoms with Gasteiger partial charge in [-0.1, -0.05) is 24.3 Å². The number of carbonyl (C=O) groups excluding carboxylic acids is 2. The molecule has 0 aliphatic carbocycles. The second-order valence-electron chi connectivity index (χ2n) is 6.58. The van der Waals surface area contributed by atoms with Gasteiger partial charge in [-0.3, -0.25) is 9.59 Å². The van der Waals surface area contributed by atoms with E-state index in [9.17, 15) is 9.59 Å². The molecule has 132 valence electrons. The second kappa shape index (κ2) is 8.01. The SMILES string of the molecule is Cc1ccccc1CCC(=O)N1CCN(C(=O)Cc2cc[nH]c2)CC1. The summed E-state index contributed by atoms with van der Waals surface area (Å²) in [5.41, 5.74) is 3.47. The molecule has 1 aromatic heterocycles. The third kappa shape index (κ3) is 4.50. The summed E-state index contributed by atoms with van der Waals surface area (Å²) in [6, 6.07) is 10.1. The van der Waals surface area contributed by atoms with Gasteiger partial charge in [-0.15, -0.1) is 0 Å². The lowest BCUT2D eigenvalue weighted by atomic mass is 10.0. The molecular weight excluding hydrogens is 314 g/mol. The molecule has 5 heteroatoms. The molecule has 5 nitrogen and oxygen atoms in total. The first-order chi connectivity index (χ1) is 12.1. The number of aromatic amines is 1. The van der Waals surface area contributed by atoms with Crippen LogP contribution in [0.25, 0.3) is 0 Å². The maximum Gasteiger partial charge on any atom is 0.227 e. The van der Waals surface area contributed by atoms with Gasteiger partial charge in [0.05, 0.1) is 6.42 Å². The van der Waals surface area contributed by atoms with E-state index in [0.717, 1.165) is 12.0 Å². The summed E-state index contributed by atoms with van der Waals surface area (Å²) in [5, 5.41) is 0. The minimum atomic E-state index is 0.131. The summed E-state index contributed by atoms with van der Waals surface area (Å²) < 4.78 is 0. The van der Waals surface area contributed by atoms with Crippen molar-refractivity contribution in [1.29, 1.82) is 0 Å². The predicted molar refractivity (Wildman–Crippen MR) is 97.2 cm³/mol. The van der Waals surface area contributed by atoms with Crippen molar-refractivity contribution in [2.24, 2.45) is 0 Å². The summed E-state index contributed by atoms with van der Waals surface area (Å²) in [5.74, 6) is 0.313. The smallest absolute Gasteiger partial charge is 0.227 e. The van der Waals surface area contributed by atoms with Crippen LogP contribution in [0, 0.1) is 6.92 Å². The third-order valence-electron chi connectivity index (χ3n) is 4.87. The quantitative estimate of drug-likeness (QED) is 0.908. The Balaban J connectivity index is 1.44. The van der Waals surface area contributed by atoms with Gasteiger partial charge >= 0.3 is 0 Å². The first-order valence-corrected chi connectivity index (χ1v) is 8.85. The van der Waals surface area contributed by atoms with E-state index in [1.165, 1.54) is 11.1 Å². The van der Waals surface area contributed by atoms with Crippen LogP contribution in [-0.2, 0) is 22.4 Å². The molecule has 2 heterocycles. The number of piperazine rings is 1. The molecule has 0 atom stereocenters. The molecule has 2 amide bonds. The summed E-state index contributed by atoms with van der Waals surface area (Å²) >= 11 is 0. The topological polar surface area (TPSA) is 56.4 Å². The van der Waals surface area contributed by atoms with Crippen LogP contribution in [0.2, 0.25) is 0 Å². The van der Waals surface area contributed by atoms with Crippen LogP contribution in [0.15, 0.2) is 42.7 Å². The van der Waals surface area contributed by atoms with Crippen molar-refractivity contribution in [3.63, 3.8) is 0 Å². The molecule has 1 saturated heterocycles. The molecular formula is C20H25N3O2. The highest BCUT2D eigenvalue weighted by atomic mass is 16.2. The Bertz CT molecular complexity index is 716. The number of aromatic nitrogens is 1. The fourth-order valence-electron chi connectivity index (χ4n) is 3.25. The van der Waals surface area contributed by atoms with Crippen molar-refractivity contribution in [2.45, 2.75) is 26.2 Å². The zero-order valence-corrected chi connectivity index (χ0v) is 14.7. The molecule has 3 rings (SSSR count). The lowest BCUT2D eigenvalue weighted by Crippen LogP contribution is -2.51. The number of rotatable bonds is 5. The number of H-pyrrole nitrogens is 1. The predicted octanol–water partition coefficient (Wildman–Crippen LogP) is 2.17. The van der Waals surface area contributed by atoms with Crippen LogP contribution in [0.4, 0.5) is 0 Å². The van der Waals surface area contributed by atoms with Gasteiger partial charge in [-0.25, -0.2) is 0 Å². The van der Waals surface area contributed by atoms with Gasteiger partial charge in [0, 0.05) is 45.0 Å². The van der Waals surface area contributed by atoms with Crippen molar-refractivity contribution < 1.29 is 9.59 Å². The first kappa shape index (κ1) is 17.3. The fourth-order valence-corrected chi connectivity index (χ4v) is 3.25. The van der Waals surface area contributed by atoms with Crippen LogP contribution in [0.5, 0.6) is 0 Å². The Labute approximate surface area is 148 Å². The molecule has 1 aliphatic rings. The van der Waals surface area contributed by atoms with E-state index in [2.05, 4.69) is 24.0 Å². The molecule has 2 aromatic rings. The average Bonchev–Trinajstić information content (AvgIpc) is 3.14. The highest BCUT2D eigenvalue weighted by molar-refractivity contribution is 5.80. The highest BCUT2D eigenvalue weighted by Crippen LogP contribution is 2.12. The Morgan fingerprint density at radius 2 is 1.68 bits per heavy atom. The standard InChI is InChI=1S/C20H25N3O2/c1-16-4-2-3-5-18(16)6-7-19(24)22-10-12-23(13-11-22)20(25)14-17-8-9-21-15-17/h2-5,8-9,15,21H,6-7,10-14H2,1H3. The monoisotopic (exact) mass is 339 g/mol. The van der Waals surface area contributed by atoms with Crippen molar-refractivity contribution in [3.05, 3.63) is 59.4 Å². The zero-order valence-electron chi connectivity index (χ0n) is 14.7. The molecule has 1 aromatic carbocycles. The van der Waals surface area contributed by atoms with E-state index < -0.39 is 0 Å². The van der Waals surface area contributed by atoms with Crippen molar-refractivity contribution in [1.82, 2.24) is 14.8 Å². The Hall–Kier alpha value is -2.56. The van der Waals surface area contributed by atoms with Gasteiger partial charge in [0.25, 0.3) is 0 Å². The van der Waals surface area contributed by atoms with Gasteiger partial charge in [-0.05, 0) is 36.1 Å². The molecule has 1 fully saturated rings. The number of nitrogens with zero attached hydrogens (tertiary/aromatic N) is 2. The van der Waals surface area contributed by atoms with E-state index in [1.54, 1.807) is 0 Å². The third-order valence-corrected chi connectivity index (χ3v) is 4.87. The number of benzene rings is 1. The van der Waals surface area contributed by atoms with Crippen LogP contribution < -0.4 is 0 Å². The van der Waals surface area contributed by atoms with Crippen LogP contribution in [-0.4, -0.2) is 52.8 Å². The van der Waals surface area contributed by atoms with Crippen LogP contribution in [0.1, 0.15) is 23.1 Å². The molecule has 25 heavy (non-hydrogen) atoms. The van der Waals surface area contributed by atoms with Crippen molar-refractivity contribution in [2.75, 3.05) is 26.2 Å². The van der Waals surface area contributed by atoms with E-state index in [1.807, 2.05) is 40.4 Å². The largest absolute Gasteiger partial charge is 0.367 e. The number of hydrogen-bond donors (Lipinski definition) is 1. The van der Waals surface area contributed by atoms with E-state index >= 15 is 0 Å². The normalized spacial score (nSPS) is 14.6. The molecule has 0 bridgehead atoms. The maximum atomic E-state index is 12.4. The van der Waals surface area contributed by atoms with Crippen LogP contribution >= 0.6 is 0 Å². The van der Waals surface area contributed by atoms with Gasteiger partial charge in [-0.2, -0.15) is 0 Å². The summed E-state index contributed by atoms with van der Waals surface area (Å²) in [6.07, 6.45) is 5.40. The van der Waals surface area contributed by atoms with Crippen molar-refractivity contribution in [3.8, 4) is 0 Å². The Kier molecular flexibility index (Phi) is 5.53. The minimum Gasteiger partial charge on any atom is -0.367 e. The van der Waals surface area contributed by atoms with E-state index in [4.69, 9.17) is 0 Å². The average molecular weight is 339 g/mol. The molecule has 0 unspecified atom stereocenters.